The van der Waals surface area contributed by atoms with E-state index in [1.54, 1.807) is 38.4 Å². The van der Waals surface area contributed by atoms with Crippen LogP contribution < -0.4 is 16.6 Å². The third kappa shape index (κ3) is 4.34. The van der Waals surface area contributed by atoms with E-state index in [-0.39, 0.29) is 23.9 Å². The van der Waals surface area contributed by atoms with Gasteiger partial charge in [0.15, 0.2) is 5.15 Å². The molecule has 1 amide bonds. The summed E-state index contributed by atoms with van der Waals surface area (Å²) < 4.78 is 1.48. The molecule has 1 atom stereocenters. The van der Waals surface area contributed by atoms with Gasteiger partial charge in [-0.3, -0.25) is 14.6 Å². The molecule has 0 saturated carbocycles. The molecule has 1 unspecified atom stereocenters. The van der Waals surface area contributed by atoms with Gasteiger partial charge in [-0.1, -0.05) is 16.8 Å². The Morgan fingerprint density at radius 2 is 2.14 bits per heavy atom. The largest absolute Gasteiger partial charge is 0.348 e. The number of aromatic nitrogens is 6. The molecule has 3 aromatic heterocycles. The van der Waals surface area contributed by atoms with E-state index in [0.717, 1.165) is 0 Å². The summed E-state index contributed by atoms with van der Waals surface area (Å²) in [5, 5.41) is 11.2. The Hall–Kier alpha value is -3.27. The number of pyridine rings is 1. The predicted molar refractivity (Wildman–Crippen MR) is 101 cm³/mol. The Morgan fingerprint density at radius 1 is 1.36 bits per heavy atom. The minimum absolute atomic E-state index is 0.0862. The first kappa shape index (κ1) is 19.5. The number of hydrogen-bond acceptors (Lipinski definition) is 6. The number of carbonyl (C=O) groups is 1. The minimum atomic E-state index is -0.568. The number of rotatable bonds is 6. The van der Waals surface area contributed by atoms with Crippen LogP contribution in [0, 0.1) is 6.92 Å². The Labute approximate surface area is 164 Å². The fraction of sp³-hybridized carbons (Fsp3) is 0.294. The van der Waals surface area contributed by atoms with Crippen LogP contribution in [-0.4, -0.2) is 35.9 Å². The lowest BCUT2D eigenvalue weighted by molar-refractivity contribution is -0.121. The molecule has 11 heteroatoms. The number of halogens is 1. The summed E-state index contributed by atoms with van der Waals surface area (Å²) in [5.74, 6) is -0.258. The zero-order valence-corrected chi connectivity index (χ0v) is 15.9. The zero-order valence-electron chi connectivity index (χ0n) is 15.2. The van der Waals surface area contributed by atoms with Crippen molar-refractivity contribution in [3.63, 3.8) is 0 Å². The molecule has 0 aliphatic heterocycles. The first-order chi connectivity index (χ1) is 13.3. The van der Waals surface area contributed by atoms with Crippen molar-refractivity contribution in [3.05, 3.63) is 67.5 Å². The summed E-state index contributed by atoms with van der Waals surface area (Å²) in [4.78, 5) is 43.9. The average molecular weight is 404 g/mol. The Balaban J connectivity index is 1.63. The molecule has 0 aliphatic rings. The van der Waals surface area contributed by atoms with Gasteiger partial charge in [0.05, 0.1) is 12.2 Å². The van der Waals surface area contributed by atoms with E-state index in [1.807, 2.05) is 0 Å². The smallest absolute Gasteiger partial charge is 0.325 e. The van der Waals surface area contributed by atoms with E-state index < -0.39 is 17.3 Å². The molecule has 146 valence electrons. The number of H-pyrrole nitrogens is 2. The topological polar surface area (TPSA) is 138 Å². The number of aryl methyl sites for hydroxylation is 1. The number of aromatic amines is 2. The van der Waals surface area contributed by atoms with Gasteiger partial charge in [0.25, 0.3) is 5.56 Å². The normalized spacial score (nSPS) is 12.0. The molecule has 0 aliphatic carbocycles. The highest BCUT2D eigenvalue weighted by Crippen LogP contribution is 2.17. The van der Waals surface area contributed by atoms with Crippen molar-refractivity contribution in [2.45, 2.75) is 32.7 Å². The number of amides is 1. The van der Waals surface area contributed by atoms with Gasteiger partial charge in [0, 0.05) is 23.9 Å². The van der Waals surface area contributed by atoms with Crippen LogP contribution >= 0.6 is 11.6 Å². The molecule has 3 aromatic rings. The molecule has 0 spiro atoms. The summed E-state index contributed by atoms with van der Waals surface area (Å²) in [5.41, 5.74) is 0.894. The van der Waals surface area contributed by atoms with Crippen LogP contribution in [0.5, 0.6) is 0 Å². The lowest BCUT2D eigenvalue weighted by atomic mass is 10.1. The monoisotopic (exact) mass is 403 g/mol. The molecule has 0 fully saturated rings. The van der Waals surface area contributed by atoms with Crippen LogP contribution in [0.3, 0.4) is 0 Å². The van der Waals surface area contributed by atoms with E-state index in [4.69, 9.17) is 11.6 Å². The number of nitrogens with one attached hydrogen (secondary N) is 3. The summed E-state index contributed by atoms with van der Waals surface area (Å²) in [7, 11) is 0. The van der Waals surface area contributed by atoms with E-state index in [0.29, 0.717) is 22.6 Å². The van der Waals surface area contributed by atoms with Gasteiger partial charge in [-0.25, -0.2) is 14.5 Å². The third-order valence-corrected chi connectivity index (χ3v) is 4.47. The van der Waals surface area contributed by atoms with Crippen LogP contribution in [0.1, 0.15) is 36.3 Å². The van der Waals surface area contributed by atoms with Gasteiger partial charge < -0.3 is 10.3 Å². The van der Waals surface area contributed by atoms with Crippen LogP contribution in [0.25, 0.3) is 5.69 Å². The summed E-state index contributed by atoms with van der Waals surface area (Å²) in [6.45, 7) is 3.39. The predicted octanol–water partition coefficient (Wildman–Crippen LogP) is 0.811. The molecule has 3 heterocycles. The summed E-state index contributed by atoms with van der Waals surface area (Å²) in [6, 6.07) is 3.08. The van der Waals surface area contributed by atoms with Gasteiger partial charge in [-0.2, -0.15) is 0 Å². The fourth-order valence-electron chi connectivity index (χ4n) is 2.69. The third-order valence-electron chi connectivity index (χ3n) is 4.18. The second-order valence-electron chi connectivity index (χ2n) is 6.20. The number of hydrogen-bond donors (Lipinski definition) is 3. The van der Waals surface area contributed by atoms with Gasteiger partial charge in [0.1, 0.15) is 11.4 Å². The minimum Gasteiger partial charge on any atom is -0.348 e. The molecule has 3 rings (SSSR count). The second kappa shape index (κ2) is 8.17. The van der Waals surface area contributed by atoms with E-state index >= 15 is 0 Å². The lowest BCUT2D eigenvalue weighted by Gasteiger charge is -2.11. The quantitative estimate of drug-likeness (QED) is 0.520. The highest BCUT2D eigenvalue weighted by atomic mass is 35.5. The first-order valence-corrected chi connectivity index (χ1v) is 8.87. The van der Waals surface area contributed by atoms with Crippen molar-refractivity contribution in [3.8, 4) is 5.69 Å². The average Bonchev–Trinajstić information content (AvgIpc) is 3.11. The van der Waals surface area contributed by atoms with Crippen molar-refractivity contribution in [2.75, 3.05) is 0 Å². The van der Waals surface area contributed by atoms with Crippen LogP contribution in [-0.2, 0) is 11.2 Å². The van der Waals surface area contributed by atoms with Gasteiger partial charge in [0.2, 0.25) is 5.91 Å². The number of carbonyl (C=O) groups excluding carboxylic acids is 1. The van der Waals surface area contributed by atoms with Crippen molar-refractivity contribution in [1.82, 2.24) is 35.3 Å². The lowest BCUT2D eigenvalue weighted by Crippen LogP contribution is -2.30. The Morgan fingerprint density at radius 3 is 2.86 bits per heavy atom. The Bertz CT molecular complexity index is 1120. The van der Waals surface area contributed by atoms with Gasteiger partial charge in [-0.15, -0.1) is 5.10 Å². The molecular formula is C17H18ClN7O3. The van der Waals surface area contributed by atoms with Crippen molar-refractivity contribution >= 4 is 17.5 Å². The van der Waals surface area contributed by atoms with Crippen LogP contribution in [0.4, 0.5) is 0 Å². The molecule has 0 bridgehead atoms. The molecule has 28 heavy (non-hydrogen) atoms. The molecule has 0 aromatic carbocycles. The first-order valence-electron chi connectivity index (χ1n) is 8.49. The molecule has 3 N–H and O–H groups in total. The fourth-order valence-corrected chi connectivity index (χ4v) is 2.90. The highest BCUT2D eigenvalue weighted by Gasteiger charge is 2.16. The van der Waals surface area contributed by atoms with Crippen LogP contribution in [0.2, 0.25) is 5.15 Å². The molecule has 10 nitrogen and oxygen atoms in total. The number of nitrogens with zero attached hydrogens (tertiary/aromatic N) is 4. The zero-order chi connectivity index (χ0) is 20.3. The summed E-state index contributed by atoms with van der Waals surface area (Å²) >= 11 is 6.05. The van der Waals surface area contributed by atoms with Crippen molar-refractivity contribution < 1.29 is 4.79 Å². The SMILES string of the molecule is Cc1[nH]c(=O)[nH]c(=O)c1CCC(=O)NC(C)c1cn(-c2cccnc2Cl)nn1. The van der Waals surface area contributed by atoms with Crippen molar-refractivity contribution in [1.29, 1.82) is 0 Å². The highest BCUT2D eigenvalue weighted by molar-refractivity contribution is 6.31. The molecular weight excluding hydrogens is 386 g/mol. The standard InChI is InChI=1S/C17H18ClN7O3/c1-9-11(16(27)22-17(28)21-9)5-6-14(26)20-10(2)12-8-25(24-23-12)13-4-3-7-19-15(13)18/h3-4,7-8,10H,5-6H2,1-2H3,(H,20,26)(H2,21,22,27,28). The summed E-state index contributed by atoms with van der Waals surface area (Å²) in [6.07, 6.45) is 3.52. The molecule has 0 saturated heterocycles. The van der Waals surface area contributed by atoms with E-state index in [9.17, 15) is 14.4 Å². The van der Waals surface area contributed by atoms with Crippen molar-refractivity contribution in [2.24, 2.45) is 0 Å². The molecule has 0 radical (unpaired) electrons. The Kier molecular flexibility index (Phi) is 5.69. The maximum Gasteiger partial charge on any atom is 0.325 e. The maximum absolute atomic E-state index is 12.2. The van der Waals surface area contributed by atoms with E-state index in [2.05, 4.69) is 30.6 Å². The maximum atomic E-state index is 12.2. The van der Waals surface area contributed by atoms with Crippen LogP contribution in [0.15, 0.2) is 34.1 Å². The van der Waals surface area contributed by atoms with Gasteiger partial charge >= 0.3 is 5.69 Å². The second-order valence-corrected chi connectivity index (χ2v) is 6.56. The van der Waals surface area contributed by atoms with Gasteiger partial charge in [-0.05, 0) is 32.4 Å². The van der Waals surface area contributed by atoms with E-state index in [1.165, 1.54) is 4.68 Å².